The summed E-state index contributed by atoms with van der Waals surface area (Å²) in [7, 11) is 0. The summed E-state index contributed by atoms with van der Waals surface area (Å²) in [5, 5.41) is 0. The average molecular weight is 409 g/mol. The minimum atomic E-state index is -0.710. The van der Waals surface area contributed by atoms with Crippen LogP contribution in [0.3, 0.4) is 0 Å². The van der Waals surface area contributed by atoms with Crippen LogP contribution in [0.15, 0.2) is 30.3 Å². The molecule has 4 aliphatic carbocycles. The molecule has 1 atom stereocenters. The standard InChI is InChI=1S/C25H32N2O3/c1-24(2,3)27(20-12-21(28)26(22(20)29)19-7-5-4-6-8-19)23(30)25-13-16-9-17(14-25)11-18(10-16)15-25/h4-8,16-18,20H,9-15H2,1-3H3. The van der Waals surface area contributed by atoms with Crippen LogP contribution in [0.25, 0.3) is 0 Å². The number of imide groups is 1. The second-order valence-corrected chi connectivity index (χ2v) is 11.2. The summed E-state index contributed by atoms with van der Waals surface area (Å²) in [5.74, 6) is 1.61. The van der Waals surface area contributed by atoms with Gasteiger partial charge in [0, 0.05) is 5.54 Å². The zero-order chi connectivity index (χ0) is 21.3. The van der Waals surface area contributed by atoms with Crippen LogP contribution in [0.1, 0.15) is 65.7 Å². The number of nitrogens with zero attached hydrogens (tertiary/aromatic N) is 2. The fourth-order valence-electron chi connectivity index (χ4n) is 7.21. The van der Waals surface area contributed by atoms with Gasteiger partial charge < -0.3 is 4.90 Å². The van der Waals surface area contributed by atoms with Crippen molar-refractivity contribution in [1.29, 1.82) is 0 Å². The van der Waals surface area contributed by atoms with Gasteiger partial charge in [-0.25, -0.2) is 4.90 Å². The number of hydrogen-bond acceptors (Lipinski definition) is 3. The lowest BCUT2D eigenvalue weighted by Gasteiger charge is -2.58. The lowest BCUT2D eigenvalue weighted by atomic mass is 9.49. The zero-order valence-electron chi connectivity index (χ0n) is 18.3. The number of rotatable bonds is 3. The van der Waals surface area contributed by atoms with Crippen LogP contribution < -0.4 is 4.90 Å². The van der Waals surface area contributed by atoms with E-state index in [0.29, 0.717) is 23.4 Å². The first kappa shape index (κ1) is 19.8. The van der Waals surface area contributed by atoms with Crippen molar-refractivity contribution in [2.45, 2.75) is 77.3 Å². The van der Waals surface area contributed by atoms with Crippen molar-refractivity contribution in [2.75, 3.05) is 4.90 Å². The van der Waals surface area contributed by atoms with Crippen molar-refractivity contribution in [2.24, 2.45) is 23.2 Å². The second-order valence-electron chi connectivity index (χ2n) is 11.2. The molecule has 1 unspecified atom stereocenters. The van der Waals surface area contributed by atoms with Gasteiger partial charge in [-0.15, -0.1) is 0 Å². The van der Waals surface area contributed by atoms with Crippen LogP contribution in [-0.2, 0) is 14.4 Å². The Bertz CT molecular complexity index is 850. The van der Waals surface area contributed by atoms with Gasteiger partial charge in [0.25, 0.3) is 5.91 Å². The molecule has 3 amide bonds. The molecule has 1 aromatic rings. The van der Waals surface area contributed by atoms with Crippen molar-refractivity contribution >= 4 is 23.4 Å². The van der Waals surface area contributed by atoms with Crippen LogP contribution in [-0.4, -0.2) is 34.2 Å². The Morgan fingerprint density at radius 3 is 2.00 bits per heavy atom. The first-order valence-corrected chi connectivity index (χ1v) is 11.4. The first-order valence-electron chi connectivity index (χ1n) is 11.4. The molecule has 160 valence electrons. The van der Waals surface area contributed by atoms with E-state index in [1.165, 1.54) is 24.2 Å². The summed E-state index contributed by atoms with van der Waals surface area (Å²) in [6, 6.07) is 8.36. The molecule has 1 saturated heterocycles. The monoisotopic (exact) mass is 408 g/mol. The topological polar surface area (TPSA) is 57.7 Å². The highest BCUT2D eigenvalue weighted by atomic mass is 16.2. The molecule has 1 heterocycles. The lowest BCUT2D eigenvalue weighted by Crippen LogP contribution is -2.62. The number of para-hydroxylation sites is 1. The molecule has 4 saturated carbocycles. The zero-order valence-corrected chi connectivity index (χ0v) is 18.3. The SMILES string of the molecule is CC(C)(C)N(C(=O)C12CC3CC(CC(C3)C1)C2)C1CC(=O)N(c2ccccc2)C1=O. The largest absolute Gasteiger partial charge is 0.325 e. The number of anilines is 1. The summed E-state index contributed by atoms with van der Waals surface area (Å²) in [6.45, 7) is 5.98. The molecule has 5 fully saturated rings. The van der Waals surface area contributed by atoms with Crippen molar-refractivity contribution < 1.29 is 14.4 Å². The molecule has 0 spiro atoms. The van der Waals surface area contributed by atoms with Gasteiger partial charge in [0.2, 0.25) is 11.8 Å². The maximum absolute atomic E-state index is 14.2. The Morgan fingerprint density at radius 1 is 0.967 bits per heavy atom. The number of benzene rings is 1. The van der Waals surface area contributed by atoms with E-state index >= 15 is 0 Å². The Hall–Kier alpha value is -2.17. The Balaban J connectivity index is 1.48. The number of carbonyl (C=O) groups is 3. The molecular weight excluding hydrogens is 376 g/mol. The van der Waals surface area contributed by atoms with E-state index in [1.807, 2.05) is 39.0 Å². The molecule has 6 rings (SSSR count). The third kappa shape index (κ3) is 3.00. The molecule has 0 radical (unpaired) electrons. The molecule has 0 N–H and O–H groups in total. The number of amides is 3. The molecule has 5 aliphatic rings. The van der Waals surface area contributed by atoms with Crippen LogP contribution in [0.5, 0.6) is 0 Å². The Morgan fingerprint density at radius 2 is 1.50 bits per heavy atom. The van der Waals surface area contributed by atoms with E-state index in [1.54, 1.807) is 17.0 Å². The maximum atomic E-state index is 14.2. The molecule has 1 aliphatic heterocycles. The fourth-order valence-corrected chi connectivity index (χ4v) is 7.21. The van der Waals surface area contributed by atoms with Crippen molar-refractivity contribution in [1.82, 2.24) is 4.90 Å². The van der Waals surface area contributed by atoms with Gasteiger partial charge in [-0.3, -0.25) is 14.4 Å². The maximum Gasteiger partial charge on any atom is 0.257 e. The summed E-state index contributed by atoms with van der Waals surface area (Å²) in [5.41, 5.74) is -0.259. The molecule has 30 heavy (non-hydrogen) atoms. The van der Waals surface area contributed by atoms with Gasteiger partial charge in [0.15, 0.2) is 0 Å². The molecule has 4 bridgehead atoms. The van der Waals surface area contributed by atoms with Gasteiger partial charge in [0.05, 0.1) is 17.5 Å². The van der Waals surface area contributed by atoms with Gasteiger partial charge in [-0.1, -0.05) is 18.2 Å². The van der Waals surface area contributed by atoms with E-state index in [9.17, 15) is 14.4 Å². The highest BCUT2D eigenvalue weighted by Gasteiger charge is 2.58. The van der Waals surface area contributed by atoms with Gasteiger partial charge in [-0.2, -0.15) is 0 Å². The van der Waals surface area contributed by atoms with E-state index in [4.69, 9.17) is 0 Å². The molecule has 5 nitrogen and oxygen atoms in total. The fraction of sp³-hybridized carbons (Fsp3) is 0.640. The molecular formula is C25H32N2O3. The van der Waals surface area contributed by atoms with Gasteiger partial charge in [0.1, 0.15) is 6.04 Å². The minimum absolute atomic E-state index is 0.0725. The molecule has 1 aromatic carbocycles. The second kappa shape index (κ2) is 6.66. The van der Waals surface area contributed by atoms with Crippen LogP contribution in [0.4, 0.5) is 5.69 Å². The smallest absolute Gasteiger partial charge is 0.257 e. The highest BCUT2D eigenvalue weighted by Crippen LogP contribution is 2.61. The van der Waals surface area contributed by atoms with E-state index in [2.05, 4.69) is 0 Å². The summed E-state index contributed by atoms with van der Waals surface area (Å²) >= 11 is 0. The van der Waals surface area contributed by atoms with E-state index in [-0.39, 0.29) is 29.6 Å². The van der Waals surface area contributed by atoms with E-state index < -0.39 is 11.6 Å². The van der Waals surface area contributed by atoms with Crippen LogP contribution >= 0.6 is 0 Å². The van der Waals surface area contributed by atoms with Crippen molar-refractivity contribution in [3.8, 4) is 0 Å². The normalized spacial score (nSPS) is 35.2. The third-order valence-corrected chi connectivity index (χ3v) is 7.88. The van der Waals surface area contributed by atoms with Crippen LogP contribution in [0, 0.1) is 23.2 Å². The van der Waals surface area contributed by atoms with Gasteiger partial charge >= 0.3 is 0 Å². The molecule has 0 aromatic heterocycles. The third-order valence-electron chi connectivity index (χ3n) is 7.88. The van der Waals surface area contributed by atoms with Gasteiger partial charge in [-0.05, 0) is 89.2 Å². The lowest BCUT2D eigenvalue weighted by molar-refractivity contribution is -0.167. The first-order chi connectivity index (χ1) is 14.2. The predicted octanol–water partition coefficient (Wildman–Crippen LogP) is 4.16. The Labute approximate surface area is 178 Å². The quantitative estimate of drug-likeness (QED) is 0.706. The highest BCUT2D eigenvalue weighted by molar-refractivity contribution is 6.23. The summed E-state index contributed by atoms with van der Waals surface area (Å²) in [6.07, 6.45) is 6.76. The number of hydrogen-bond donors (Lipinski definition) is 0. The number of carbonyl (C=O) groups excluding carboxylic acids is 3. The molecule has 5 heteroatoms. The van der Waals surface area contributed by atoms with Crippen LogP contribution in [0.2, 0.25) is 0 Å². The van der Waals surface area contributed by atoms with Crippen molar-refractivity contribution in [3.63, 3.8) is 0 Å². The summed E-state index contributed by atoms with van der Waals surface area (Å²) in [4.78, 5) is 43.6. The Kier molecular flexibility index (Phi) is 4.39. The van der Waals surface area contributed by atoms with Crippen molar-refractivity contribution in [3.05, 3.63) is 30.3 Å². The average Bonchev–Trinajstić information content (AvgIpc) is 2.94. The predicted molar refractivity (Wildman–Crippen MR) is 115 cm³/mol. The minimum Gasteiger partial charge on any atom is -0.325 e. The van der Waals surface area contributed by atoms with E-state index in [0.717, 1.165) is 19.3 Å². The summed E-state index contributed by atoms with van der Waals surface area (Å²) < 4.78 is 0.